The molecule has 3 rings (SSSR count). The Labute approximate surface area is 142 Å². The van der Waals surface area contributed by atoms with Crippen LogP contribution in [0.5, 0.6) is 0 Å². The lowest BCUT2D eigenvalue weighted by atomic mass is 10.1. The zero-order valence-corrected chi connectivity index (χ0v) is 14.6. The minimum atomic E-state index is -3.15. The second kappa shape index (κ2) is 6.07. The Morgan fingerprint density at radius 3 is 2.87 bits per heavy atom. The fourth-order valence-corrected chi connectivity index (χ4v) is 5.68. The van der Waals surface area contributed by atoms with Gasteiger partial charge in [0.25, 0.3) is 0 Å². The van der Waals surface area contributed by atoms with E-state index in [2.05, 4.69) is 4.99 Å². The summed E-state index contributed by atoms with van der Waals surface area (Å²) in [7, 11) is -3.15. The van der Waals surface area contributed by atoms with Gasteiger partial charge in [0.1, 0.15) is 11.6 Å². The Kier molecular flexibility index (Phi) is 4.41. The van der Waals surface area contributed by atoms with E-state index in [4.69, 9.17) is 11.6 Å². The maximum atomic E-state index is 13.4. The molecule has 0 radical (unpaired) electrons. The van der Waals surface area contributed by atoms with E-state index in [9.17, 15) is 17.6 Å². The molecule has 1 saturated heterocycles. The van der Waals surface area contributed by atoms with Gasteiger partial charge < -0.3 is 4.90 Å². The van der Waals surface area contributed by atoms with Crippen LogP contribution in [0, 0.1) is 5.82 Å². The third-order valence-corrected chi connectivity index (χ3v) is 6.79. The minimum absolute atomic E-state index is 0.000491. The zero-order chi connectivity index (χ0) is 16.8. The number of ketones is 1. The summed E-state index contributed by atoms with van der Waals surface area (Å²) < 4.78 is 37.1. The van der Waals surface area contributed by atoms with E-state index in [0.29, 0.717) is 10.9 Å². The number of amidine groups is 1. The standard InChI is InChI=1S/C14H14ClFN2O3S2/c1-8(19)5-22-14-17-12-6-23(20,21)7-13(12)18(14)9-2-3-11(16)10(15)4-9/h2-4,12-13H,5-7H2,1H3. The molecule has 1 fully saturated rings. The fourth-order valence-electron chi connectivity index (χ4n) is 2.74. The molecule has 5 nitrogen and oxygen atoms in total. The molecule has 23 heavy (non-hydrogen) atoms. The molecule has 2 heterocycles. The molecule has 0 aromatic heterocycles. The highest BCUT2D eigenvalue weighted by Crippen LogP contribution is 2.36. The third-order valence-electron chi connectivity index (χ3n) is 3.69. The molecule has 2 atom stereocenters. The number of sulfone groups is 1. The second-order valence-corrected chi connectivity index (χ2v) is 9.09. The summed E-state index contributed by atoms with van der Waals surface area (Å²) in [6.07, 6.45) is 0. The van der Waals surface area contributed by atoms with Crippen LogP contribution in [0.3, 0.4) is 0 Å². The Balaban J connectivity index is 1.96. The van der Waals surface area contributed by atoms with E-state index in [0.717, 1.165) is 0 Å². The normalized spacial score (nSPS) is 25.3. The van der Waals surface area contributed by atoms with Gasteiger partial charge in [-0.15, -0.1) is 0 Å². The molecule has 1 aromatic carbocycles. The maximum absolute atomic E-state index is 13.4. The molecule has 0 aliphatic carbocycles. The number of benzene rings is 1. The van der Waals surface area contributed by atoms with E-state index in [1.165, 1.54) is 30.8 Å². The number of anilines is 1. The molecule has 0 N–H and O–H groups in total. The average molecular weight is 377 g/mol. The first kappa shape index (κ1) is 16.7. The largest absolute Gasteiger partial charge is 0.315 e. The Bertz CT molecular complexity index is 797. The summed E-state index contributed by atoms with van der Waals surface area (Å²) >= 11 is 7.10. The van der Waals surface area contributed by atoms with Gasteiger partial charge in [-0.3, -0.25) is 9.79 Å². The molecule has 2 unspecified atom stereocenters. The molecule has 0 amide bonds. The van der Waals surface area contributed by atoms with Crippen molar-refractivity contribution in [2.45, 2.75) is 19.0 Å². The SMILES string of the molecule is CC(=O)CSC1=NC2CS(=O)(=O)CC2N1c1ccc(F)c(Cl)c1. The number of carbonyl (C=O) groups is 1. The number of hydrogen-bond donors (Lipinski definition) is 0. The van der Waals surface area contributed by atoms with Gasteiger partial charge in [-0.25, -0.2) is 12.8 Å². The number of halogens is 2. The predicted octanol–water partition coefficient (Wildman–Crippen LogP) is 2.14. The van der Waals surface area contributed by atoms with Gasteiger partial charge in [0.15, 0.2) is 15.0 Å². The number of fused-ring (bicyclic) bond motifs is 1. The molecule has 0 saturated carbocycles. The number of carbonyl (C=O) groups excluding carboxylic acids is 1. The van der Waals surface area contributed by atoms with Crippen LogP contribution in [-0.4, -0.2) is 48.7 Å². The first-order chi connectivity index (χ1) is 10.8. The first-order valence-electron chi connectivity index (χ1n) is 6.91. The Morgan fingerprint density at radius 2 is 2.22 bits per heavy atom. The van der Waals surface area contributed by atoms with Crippen LogP contribution >= 0.6 is 23.4 Å². The third kappa shape index (κ3) is 3.39. The van der Waals surface area contributed by atoms with Crippen molar-refractivity contribution in [1.82, 2.24) is 0 Å². The summed E-state index contributed by atoms with van der Waals surface area (Å²) in [5, 5.41) is 0.537. The van der Waals surface area contributed by atoms with E-state index >= 15 is 0 Å². The lowest BCUT2D eigenvalue weighted by Gasteiger charge is -2.26. The monoisotopic (exact) mass is 376 g/mol. The molecule has 0 bridgehead atoms. The topological polar surface area (TPSA) is 66.8 Å². The van der Waals surface area contributed by atoms with Gasteiger partial charge in [0.05, 0.1) is 34.4 Å². The average Bonchev–Trinajstić information content (AvgIpc) is 2.91. The quantitative estimate of drug-likeness (QED) is 0.808. The lowest BCUT2D eigenvalue weighted by molar-refractivity contribution is -0.114. The summed E-state index contributed by atoms with van der Waals surface area (Å²) in [5.74, 6) is -0.316. The van der Waals surface area contributed by atoms with Crippen molar-refractivity contribution in [3.05, 3.63) is 29.0 Å². The molecule has 124 valence electrons. The second-order valence-electron chi connectivity index (χ2n) is 5.58. The van der Waals surface area contributed by atoms with Crippen LogP contribution in [0.4, 0.5) is 10.1 Å². The van der Waals surface area contributed by atoms with Gasteiger partial charge in [-0.2, -0.15) is 0 Å². The summed E-state index contributed by atoms with van der Waals surface area (Å²) in [6, 6.07) is 3.53. The molecule has 0 spiro atoms. The van der Waals surface area contributed by atoms with Crippen LogP contribution in [-0.2, 0) is 14.6 Å². The number of hydrogen-bond acceptors (Lipinski definition) is 6. The van der Waals surface area contributed by atoms with E-state index < -0.39 is 15.7 Å². The van der Waals surface area contributed by atoms with Gasteiger partial charge in [0.2, 0.25) is 0 Å². The van der Waals surface area contributed by atoms with E-state index in [1.807, 2.05) is 0 Å². The molecule has 2 aliphatic heterocycles. The molecule has 1 aromatic rings. The number of aliphatic imine (C=N–C) groups is 1. The van der Waals surface area contributed by atoms with Crippen molar-refractivity contribution in [3.63, 3.8) is 0 Å². The van der Waals surface area contributed by atoms with Crippen molar-refractivity contribution in [1.29, 1.82) is 0 Å². The van der Waals surface area contributed by atoms with Crippen LogP contribution in [0.2, 0.25) is 5.02 Å². The Morgan fingerprint density at radius 1 is 1.48 bits per heavy atom. The van der Waals surface area contributed by atoms with Crippen molar-refractivity contribution < 1.29 is 17.6 Å². The van der Waals surface area contributed by atoms with Gasteiger partial charge in [-0.1, -0.05) is 23.4 Å². The van der Waals surface area contributed by atoms with Gasteiger partial charge in [-0.05, 0) is 25.1 Å². The van der Waals surface area contributed by atoms with E-state index in [-0.39, 0.29) is 40.1 Å². The van der Waals surface area contributed by atoms with Crippen molar-refractivity contribution in [2.75, 3.05) is 22.2 Å². The number of Topliss-reactive ketones (excluding diaryl/α,β-unsaturated/α-hetero) is 1. The lowest BCUT2D eigenvalue weighted by Crippen LogP contribution is -2.39. The smallest absolute Gasteiger partial charge is 0.164 e. The fraction of sp³-hybridized carbons (Fsp3) is 0.429. The van der Waals surface area contributed by atoms with Crippen molar-refractivity contribution >= 4 is 49.8 Å². The molecular formula is C14H14ClFN2O3S2. The minimum Gasteiger partial charge on any atom is -0.315 e. The number of thioether (sulfide) groups is 1. The van der Waals surface area contributed by atoms with Crippen LogP contribution in [0.15, 0.2) is 23.2 Å². The molecule has 9 heteroatoms. The highest BCUT2D eigenvalue weighted by molar-refractivity contribution is 8.14. The van der Waals surface area contributed by atoms with Crippen molar-refractivity contribution in [2.24, 2.45) is 4.99 Å². The maximum Gasteiger partial charge on any atom is 0.164 e. The van der Waals surface area contributed by atoms with Gasteiger partial charge in [0, 0.05) is 5.69 Å². The zero-order valence-electron chi connectivity index (χ0n) is 12.2. The predicted molar refractivity (Wildman–Crippen MR) is 90.7 cm³/mol. The molecule has 2 aliphatic rings. The number of nitrogens with zero attached hydrogens (tertiary/aromatic N) is 2. The number of rotatable bonds is 3. The summed E-state index contributed by atoms with van der Waals surface area (Å²) in [5.41, 5.74) is 0.579. The van der Waals surface area contributed by atoms with Crippen LogP contribution in [0.25, 0.3) is 0 Å². The first-order valence-corrected chi connectivity index (χ1v) is 10.1. The van der Waals surface area contributed by atoms with Gasteiger partial charge >= 0.3 is 0 Å². The summed E-state index contributed by atoms with van der Waals surface area (Å²) in [6.45, 7) is 1.48. The highest BCUT2D eigenvalue weighted by Gasteiger charge is 2.47. The van der Waals surface area contributed by atoms with E-state index in [1.54, 1.807) is 11.0 Å². The van der Waals surface area contributed by atoms with Crippen molar-refractivity contribution in [3.8, 4) is 0 Å². The summed E-state index contributed by atoms with van der Waals surface area (Å²) in [4.78, 5) is 17.5. The van der Waals surface area contributed by atoms with Crippen LogP contribution < -0.4 is 4.90 Å². The Hall–Kier alpha value is -1.12. The highest BCUT2D eigenvalue weighted by atomic mass is 35.5. The molecular weight excluding hydrogens is 363 g/mol. The van der Waals surface area contributed by atoms with Crippen LogP contribution in [0.1, 0.15) is 6.92 Å².